The number of carbonyl (C=O) groups is 1. The first-order valence-corrected chi connectivity index (χ1v) is 8.58. The minimum absolute atomic E-state index is 0.00454. The van der Waals surface area contributed by atoms with Crippen molar-refractivity contribution in [2.24, 2.45) is 0 Å². The second-order valence-electron chi connectivity index (χ2n) is 4.56. The number of carbonyl (C=O) groups excluding carboxylic acids is 1. The van der Waals surface area contributed by atoms with Gasteiger partial charge in [0, 0.05) is 12.2 Å². The van der Waals surface area contributed by atoms with Gasteiger partial charge in [0.15, 0.2) is 4.34 Å². The van der Waals surface area contributed by atoms with E-state index in [0.717, 1.165) is 12.1 Å². The fraction of sp³-hybridized carbons (Fsp3) is 0.357. The summed E-state index contributed by atoms with van der Waals surface area (Å²) in [6.45, 7) is 4.53. The van der Waals surface area contributed by atoms with Crippen molar-refractivity contribution in [3.05, 3.63) is 30.1 Å². The molecule has 1 aromatic carbocycles. The van der Waals surface area contributed by atoms with Crippen molar-refractivity contribution in [1.29, 1.82) is 0 Å². The summed E-state index contributed by atoms with van der Waals surface area (Å²) in [4.78, 5) is 11.8. The maximum atomic E-state index is 12.8. The Morgan fingerprint density at radius 1 is 1.36 bits per heavy atom. The maximum absolute atomic E-state index is 12.8. The van der Waals surface area contributed by atoms with E-state index in [1.165, 1.54) is 35.2 Å². The zero-order valence-corrected chi connectivity index (χ0v) is 13.9. The minimum atomic E-state index is -0.286. The van der Waals surface area contributed by atoms with Crippen molar-refractivity contribution in [3.8, 4) is 0 Å². The number of aromatic nitrogens is 2. The number of thioether (sulfide) groups is 1. The molecule has 0 saturated heterocycles. The molecule has 22 heavy (non-hydrogen) atoms. The highest BCUT2D eigenvalue weighted by molar-refractivity contribution is 8.02. The molecule has 2 rings (SSSR count). The van der Waals surface area contributed by atoms with Crippen LogP contribution >= 0.6 is 23.1 Å². The zero-order valence-electron chi connectivity index (χ0n) is 12.3. The number of benzene rings is 1. The van der Waals surface area contributed by atoms with E-state index in [9.17, 15) is 9.18 Å². The quantitative estimate of drug-likeness (QED) is 0.756. The largest absolute Gasteiger partial charge is 0.355 e. The fourth-order valence-electron chi connectivity index (χ4n) is 1.56. The van der Waals surface area contributed by atoms with Gasteiger partial charge in [-0.1, -0.05) is 30.0 Å². The number of halogens is 1. The van der Waals surface area contributed by atoms with Crippen molar-refractivity contribution < 1.29 is 9.18 Å². The second kappa shape index (κ2) is 8.09. The van der Waals surface area contributed by atoms with Crippen LogP contribution in [-0.4, -0.2) is 27.9 Å². The predicted molar refractivity (Wildman–Crippen MR) is 88.2 cm³/mol. The molecule has 1 aromatic heterocycles. The smallest absolute Gasteiger partial charge is 0.233 e. The Morgan fingerprint density at radius 3 is 2.77 bits per heavy atom. The van der Waals surface area contributed by atoms with Crippen LogP contribution in [0.25, 0.3) is 0 Å². The number of anilines is 2. The Balaban J connectivity index is 1.90. The van der Waals surface area contributed by atoms with E-state index in [1.807, 2.05) is 13.8 Å². The standard InChI is InChI=1S/C14H17FN4OS2/c1-3-8-16-12(20)9(2)21-14-19-18-13(22-14)17-11-6-4-10(15)5-7-11/h4-7,9H,3,8H2,1-2H3,(H,16,20)(H,17,18). The normalized spacial score (nSPS) is 12.0. The first kappa shape index (κ1) is 16.7. The Labute approximate surface area is 136 Å². The second-order valence-corrected chi connectivity index (χ2v) is 7.12. The van der Waals surface area contributed by atoms with Crippen LogP contribution in [0.2, 0.25) is 0 Å². The third-order valence-corrected chi connectivity index (χ3v) is 4.72. The number of nitrogens with one attached hydrogen (secondary N) is 2. The summed E-state index contributed by atoms with van der Waals surface area (Å²) < 4.78 is 13.6. The molecule has 1 unspecified atom stereocenters. The molecular weight excluding hydrogens is 323 g/mol. The number of hydrogen-bond acceptors (Lipinski definition) is 6. The van der Waals surface area contributed by atoms with Crippen molar-refractivity contribution in [2.45, 2.75) is 29.9 Å². The average molecular weight is 340 g/mol. The van der Waals surface area contributed by atoms with Crippen LogP contribution in [-0.2, 0) is 4.79 Å². The number of rotatable bonds is 7. The van der Waals surface area contributed by atoms with Crippen LogP contribution < -0.4 is 10.6 Å². The molecule has 0 radical (unpaired) electrons. The maximum Gasteiger partial charge on any atom is 0.233 e. The topological polar surface area (TPSA) is 66.9 Å². The summed E-state index contributed by atoms with van der Waals surface area (Å²) in [5, 5.41) is 14.4. The van der Waals surface area contributed by atoms with E-state index in [1.54, 1.807) is 12.1 Å². The number of nitrogens with zero attached hydrogens (tertiary/aromatic N) is 2. The number of hydrogen-bond donors (Lipinski definition) is 2. The molecule has 2 aromatic rings. The van der Waals surface area contributed by atoms with Crippen LogP contribution in [0.1, 0.15) is 20.3 Å². The Hall–Kier alpha value is -1.67. The van der Waals surface area contributed by atoms with E-state index < -0.39 is 0 Å². The van der Waals surface area contributed by atoms with E-state index in [2.05, 4.69) is 20.8 Å². The summed E-state index contributed by atoms with van der Waals surface area (Å²) in [7, 11) is 0. The van der Waals surface area contributed by atoms with Gasteiger partial charge in [-0.05, 0) is 37.6 Å². The lowest BCUT2D eigenvalue weighted by atomic mass is 10.3. The molecule has 1 heterocycles. The van der Waals surface area contributed by atoms with Crippen LogP contribution in [0.15, 0.2) is 28.6 Å². The Morgan fingerprint density at radius 2 is 2.09 bits per heavy atom. The Bertz CT molecular complexity index is 618. The van der Waals surface area contributed by atoms with Crippen molar-refractivity contribution in [3.63, 3.8) is 0 Å². The fourth-order valence-corrected chi connectivity index (χ4v) is 3.50. The summed E-state index contributed by atoms with van der Waals surface area (Å²) in [5.41, 5.74) is 0.739. The molecule has 8 heteroatoms. The summed E-state index contributed by atoms with van der Waals surface area (Å²) in [6, 6.07) is 6.01. The molecule has 0 aliphatic carbocycles. The molecule has 1 amide bonds. The molecule has 118 valence electrons. The number of amides is 1. The van der Waals surface area contributed by atoms with Gasteiger partial charge in [0.25, 0.3) is 0 Å². The van der Waals surface area contributed by atoms with Gasteiger partial charge in [-0.25, -0.2) is 4.39 Å². The molecule has 0 spiro atoms. The SMILES string of the molecule is CCCNC(=O)C(C)Sc1nnc(Nc2ccc(F)cc2)s1. The van der Waals surface area contributed by atoms with Crippen molar-refractivity contribution >= 4 is 39.8 Å². The third-order valence-electron chi connectivity index (χ3n) is 2.70. The van der Waals surface area contributed by atoms with Gasteiger partial charge in [-0.3, -0.25) is 4.79 Å². The summed E-state index contributed by atoms with van der Waals surface area (Å²) in [5.74, 6) is -0.291. The molecule has 0 aliphatic heterocycles. The van der Waals surface area contributed by atoms with E-state index in [4.69, 9.17) is 0 Å². The van der Waals surface area contributed by atoms with Gasteiger partial charge in [-0.15, -0.1) is 10.2 Å². The van der Waals surface area contributed by atoms with Gasteiger partial charge in [0.1, 0.15) is 5.82 Å². The first-order valence-electron chi connectivity index (χ1n) is 6.89. The van der Waals surface area contributed by atoms with E-state index >= 15 is 0 Å². The van der Waals surface area contributed by atoms with Gasteiger partial charge < -0.3 is 10.6 Å². The van der Waals surface area contributed by atoms with Crippen molar-refractivity contribution in [2.75, 3.05) is 11.9 Å². The van der Waals surface area contributed by atoms with Crippen LogP contribution in [0.4, 0.5) is 15.2 Å². The molecule has 2 N–H and O–H groups in total. The molecule has 0 bridgehead atoms. The van der Waals surface area contributed by atoms with Crippen molar-refractivity contribution in [1.82, 2.24) is 15.5 Å². The highest BCUT2D eigenvalue weighted by Crippen LogP contribution is 2.30. The van der Waals surface area contributed by atoms with Gasteiger partial charge in [0.05, 0.1) is 5.25 Å². The molecule has 1 atom stereocenters. The minimum Gasteiger partial charge on any atom is -0.355 e. The molecule has 0 fully saturated rings. The zero-order chi connectivity index (χ0) is 15.9. The van der Waals surface area contributed by atoms with Crippen LogP contribution in [0, 0.1) is 5.82 Å². The highest BCUT2D eigenvalue weighted by atomic mass is 32.2. The average Bonchev–Trinajstić information content (AvgIpc) is 2.94. The molecule has 0 saturated carbocycles. The molecular formula is C14H17FN4OS2. The van der Waals surface area contributed by atoms with Gasteiger partial charge in [0.2, 0.25) is 11.0 Å². The lowest BCUT2D eigenvalue weighted by Gasteiger charge is -2.08. The summed E-state index contributed by atoms with van der Waals surface area (Å²) in [6.07, 6.45) is 0.910. The lowest BCUT2D eigenvalue weighted by molar-refractivity contribution is -0.120. The molecule has 0 aliphatic rings. The Kier molecular flexibility index (Phi) is 6.14. The van der Waals surface area contributed by atoms with Crippen LogP contribution in [0.3, 0.4) is 0 Å². The predicted octanol–water partition coefficient (Wildman–Crippen LogP) is 3.43. The van der Waals surface area contributed by atoms with Crippen LogP contribution in [0.5, 0.6) is 0 Å². The van der Waals surface area contributed by atoms with Gasteiger partial charge in [-0.2, -0.15) is 0 Å². The molecule has 5 nitrogen and oxygen atoms in total. The van der Waals surface area contributed by atoms with E-state index in [0.29, 0.717) is 16.0 Å². The lowest BCUT2D eigenvalue weighted by Crippen LogP contribution is -2.31. The van der Waals surface area contributed by atoms with Gasteiger partial charge >= 0.3 is 0 Å². The van der Waals surface area contributed by atoms with E-state index in [-0.39, 0.29) is 17.0 Å². The highest BCUT2D eigenvalue weighted by Gasteiger charge is 2.16. The summed E-state index contributed by atoms with van der Waals surface area (Å²) >= 11 is 2.73. The third kappa shape index (κ3) is 4.96. The monoisotopic (exact) mass is 340 g/mol. The first-order chi connectivity index (χ1) is 10.6.